The summed E-state index contributed by atoms with van der Waals surface area (Å²) in [6.45, 7) is 3.93. The Hall–Kier alpha value is -1.79. The van der Waals surface area contributed by atoms with Crippen LogP contribution in [0.15, 0.2) is 46.9 Å². The fourth-order valence-electron chi connectivity index (χ4n) is 2.02. The van der Waals surface area contributed by atoms with Crippen LogP contribution in [0.4, 0.5) is 11.4 Å². The molecule has 0 radical (unpaired) electrons. The number of anilines is 2. The van der Waals surface area contributed by atoms with Crippen LogP contribution in [-0.4, -0.2) is 23.3 Å². The largest absolute Gasteiger partial charge is 0.325 e. The first-order chi connectivity index (χ1) is 11.4. The zero-order chi connectivity index (χ0) is 17.5. The first-order valence-corrected chi connectivity index (χ1v) is 9.39. The lowest BCUT2D eigenvalue weighted by Gasteiger charge is -2.09. The molecule has 0 bridgehead atoms. The van der Waals surface area contributed by atoms with E-state index in [0.717, 1.165) is 27.0 Å². The summed E-state index contributed by atoms with van der Waals surface area (Å²) in [5.41, 5.74) is 3.68. The Kier molecular flexibility index (Phi) is 6.87. The molecular formula is C18H19BrN2O2S. The van der Waals surface area contributed by atoms with Gasteiger partial charge in [0.25, 0.3) is 0 Å². The Morgan fingerprint density at radius 2 is 1.58 bits per heavy atom. The number of hydrogen-bond acceptors (Lipinski definition) is 3. The quantitative estimate of drug-likeness (QED) is 0.748. The van der Waals surface area contributed by atoms with Gasteiger partial charge in [0.15, 0.2) is 0 Å². The van der Waals surface area contributed by atoms with Gasteiger partial charge in [0.2, 0.25) is 11.8 Å². The number of carbonyl (C=O) groups is 2. The van der Waals surface area contributed by atoms with Gasteiger partial charge in [-0.05, 0) is 49.7 Å². The van der Waals surface area contributed by atoms with Gasteiger partial charge in [-0.15, -0.1) is 11.8 Å². The molecule has 0 aliphatic rings. The second-order valence-corrected chi connectivity index (χ2v) is 7.32. The van der Waals surface area contributed by atoms with Gasteiger partial charge in [0.1, 0.15) is 0 Å². The number of nitrogens with one attached hydrogen (secondary N) is 2. The van der Waals surface area contributed by atoms with Crippen molar-refractivity contribution in [3.05, 3.63) is 58.1 Å². The number of amides is 2. The first kappa shape index (κ1) is 18.5. The normalized spacial score (nSPS) is 10.3. The molecule has 2 rings (SSSR count). The maximum Gasteiger partial charge on any atom is 0.234 e. The molecular weight excluding hydrogens is 388 g/mol. The molecule has 0 heterocycles. The second kappa shape index (κ2) is 8.89. The minimum Gasteiger partial charge on any atom is -0.325 e. The van der Waals surface area contributed by atoms with Crippen molar-refractivity contribution in [2.75, 3.05) is 22.1 Å². The molecule has 6 heteroatoms. The standard InChI is InChI=1S/C18H19BrN2O2S/c1-12-3-6-15(7-4-12)20-17(22)10-24-11-18(23)21-16-8-5-14(19)9-13(16)2/h3-9H,10-11H2,1-2H3,(H,20,22)(H,21,23). The van der Waals surface area contributed by atoms with Crippen LogP contribution >= 0.6 is 27.7 Å². The van der Waals surface area contributed by atoms with E-state index in [1.54, 1.807) is 0 Å². The maximum absolute atomic E-state index is 12.0. The molecule has 4 nitrogen and oxygen atoms in total. The van der Waals surface area contributed by atoms with E-state index in [2.05, 4.69) is 26.6 Å². The molecule has 0 fully saturated rings. The van der Waals surface area contributed by atoms with E-state index in [-0.39, 0.29) is 23.3 Å². The summed E-state index contributed by atoms with van der Waals surface area (Å²) in [6, 6.07) is 13.3. The maximum atomic E-state index is 12.0. The molecule has 24 heavy (non-hydrogen) atoms. The zero-order valence-corrected chi connectivity index (χ0v) is 16.0. The van der Waals surface area contributed by atoms with Crippen LogP contribution in [0.5, 0.6) is 0 Å². The molecule has 0 unspecified atom stereocenters. The van der Waals surface area contributed by atoms with E-state index in [4.69, 9.17) is 0 Å². The number of aryl methyl sites for hydroxylation is 2. The molecule has 0 saturated heterocycles. The van der Waals surface area contributed by atoms with Gasteiger partial charge in [-0.1, -0.05) is 33.6 Å². The van der Waals surface area contributed by atoms with Gasteiger partial charge in [-0.3, -0.25) is 9.59 Å². The monoisotopic (exact) mass is 406 g/mol. The van der Waals surface area contributed by atoms with Crippen molar-refractivity contribution >= 4 is 50.9 Å². The number of thioether (sulfide) groups is 1. The van der Waals surface area contributed by atoms with Crippen LogP contribution < -0.4 is 10.6 Å². The van der Waals surface area contributed by atoms with Gasteiger partial charge in [-0.25, -0.2) is 0 Å². The summed E-state index contributed by atoms with van der Waals surface area (Å²) in [6.07, 6.45) is 0. The highest BCUT2D eigenvalue weighted by molar-refractivity contribution is 9.10. The van der Waals surface area contributed by atoms with Crippen molar-refractivity contribution in [2.24, 2.45) is 0 Å². The summed E-state index contributed by atoms with van der Waals surface area (Å²) < 4.78 is 0.972. The third kappa shape index (κ3) is 6.02. The summed E-state index contributed by atoms with van der Waals surface area (Å²) in [5.74, 6) is 0.238. The van der Waals surface area contributed by atoms with E-state index in [1.807, 2.05) is 56.3 Å². The molecule has 0 atom stereocenters. The Bertz CT molecular complexity index is 732. The van der Waals surface area contributed by atoms with Crippen LogP contribution in [0.3, 0.4) is 0 Å². The second-order valence-electron chi connectivity index (χ2n) is 5.41. The van der Waals surface area contributed by atoms with Gasteiger partial charge in [-0.2, -0.15) is 0 Å². The van der Waals surface area contributed by atoms with Gasteiger partial charge in [0.05, 0.1) is 11.5 Å². The molecule has 126 valence electrons. The van der Waals surface area contributed by atoms with E-state index >= 15 is 0 Å². The number of hydrogen-bond donors (Lipinski definition) is 2. The highest BCUT2D eigenvalue weighted by atomic mass is 79.9. The van der Waals surface area contributed by atoms with Crippen molar-refractivity contribution < 1.29 is 9.59 Å². The number of rotatable bonds is 6. The van der Waals surface area contributed by atoms with Crippen LogP contribution in [0.25, 0.3) is 0 Å². The molecule has 0 aliphatic carbocycles. The van der Waals surface area contributed by atoms with Crippen LogP contribution in [0, 0.1) is 13.8 Å². The Morgan fingerprint density at radius 3 is 2.21 bits per heavy atom. The molecule has 2 aromatic rings. The fraction of sp³-hybridized carbons (Fsp3) is 0.222. The minimum atomic E-state index is -0.117. The fourth-order valence-corrected chi connectivity index (χ4v) is 3.12. The van der Waals surface area contributed by atoms with Crippen molar-refractivity contribution in [1.82, 2.24) is 0 Å². The van der Waals surface area contributed by atoms with Crippen LogP contribution in [0.1, 0.15) is 11.1 Å². The summed E-state index contributed by atoms with van der Waals surface area (Å²) in [5, 5.41) is 5.67. The molecule has 0 aliphatic heterocycles. The Labute approximate surface area is 154 Å². The van der Waals surface area contributed by atoms with Gasteiger partial charge >= 0.3 is 0 Å². The Morgan fingerprint density at radius 1 is 0.958 bits per heavy atom. The van der Waals surface area contributed by atoms with E-state index in [0.29, 0.717) is 0 Å². The molecule has 2 N–H and O–H groups in total. The number of halogens is 1. The van der Waals surface area contributed by atoms with Crippen molar-refractivity contribution in [3.8, 4) is 0 Å². The lowest BCUT2D eigenvalue weighted by atomic mass is 10.2. The number of carbonyl (C=O) groups excluding carboxylic acids is 2. The average Bonchev–Trinajstić information content (AvgIpc) is 2.52. The highest BCUT2D eigenvalue weighted by Crippen LogP contribution is 2.20. The van der Waals surface area contributed by atoms with Crippen LogP contribution in [-0.2, 0) is 9.59 Å². The lowest BCUT2D eigenvalue weighted by molar-refractivity contribution is -0.114. The van der Waals surface area contributed by atoms with Gasteiger partial charge in [0, 0.05) is 15.8 Å². The molecule has 0 aromatic heterocycles. The van der Waals surface area contributed by atoms with Crippen molar-refractivity contribution in [3.63, 3.8) is 0 Å². The van der Waals surface area contributed by atoms with Gasteiger partial charge < -0.3 is 10.6 Å². The first-order valence-electron chi connectivity index (χ1n) is 7.44. The predicted octanol–water partition coefficient (Wildman–Crippen LogP) is 4.38. The smallest absolute Gasteiger partial charge is 0.234 e. The zero-order valence-electron chi connectivity index (χ0n) is 13.6. The van der Waals surface area contributed by atoms with E-state index < -0.39 is 0 Å². The summed E-state index contributed by atoms with van der Waals surface area (Å²) in [4.78, 5) is 23.8. The third-order valence-corrected chi connectivity index (χ3v) is 4.69. The Balaban J connectivity index is 1.73. The molecule has 2 aromatic carbocycles. The minimum absolute atomic E-state index is 0.114. The van der Waals surface area contributed by atoms with Crippen molar-refractivity contribution in [2.45, 2.75) is 13.8 Å². The summed E-state index contributed by atoms with van der Waals surface area (Å²) in [7, 11) is 0. The predicted molar refractivity (Wildman–Crippen MR) is 105 cm³/mol. The molecule has 0 saturated carbocycles. The van der Waals surface area contributed by atoms with Crippen LogP contribution in [0.2, 0.25) is 0 Å². The summed E-state index contributed by atoms with van der Waals surface area (Å²) >= 11 is 4.68. The van der Waals surface area contributed by atoms with E-state index in [1.165, 1.54) is 11.8 Å². The molecule has 2 amide bonds. The lowest BCUT2D eigenvalue weighted by Crippen LogP contribution is -2.18. The third-order valence-electron chi connectivity index (χ3n) is 3.26. The van der Waals surface area contributed by atoms with Crippen molar-refractivity contribution in [1.29, 1.82) is 0 Å². The average molecular weight is 407 g/mol. The SMILES string of the molecule is Cc1ccc(NC(=O)CSCC(=O)Nc2ccc(Br)cc2C)cc1. The van der Waals surface area contributed by atoms with E-state index in [9.17, 15) is 9.59 Å². The topological polar surface area (TPSA) is 58.2 Å². The number of benzene rings is 2. The highest BCUT2D eigenvalue weighted by Gasteiger charge is 2.08. The molecule has 0 spiro atoms.